The molecule has 1 aliphatic rings. The number of carbonyl (C=O) groups is 1. The molecule has 5 nitrogen and oxygen atoms in total. The van der Waals surface area contributed by atoms with E-state index in [2.05, 4.69) is 5.32 Å². The molecule has 2 rings (SSSR count). The van der Waals surface area contributed by atoms with Crippen molar-refractivity contribution in [3.8, 4) is 17.2 Å². The van der Waals surface area contributed by atoms with Crippen LogP contribution in [0.3, 0.4) is 0 Å². The van der Waals surface area contributed by atoms with Crippen molar-refractivity contribution >= 4 is 17.5 Å². The fourth-order valence-corrected chi connectivity index (χ4v) is 1.59. The highest BCUT2D eigenvalue weighted by molar-refractivity contribution is 6.17. The average Bonchev–Trinajstić information content (AvgIpc) is 2.84. The maximum absolute atomic E-state index is 11.4. The molecule has 6 heteroatoms. The molecule has 1 heterocycles. The van der Waals surface area contributed by atoms with Gasteiger partial charge in [-0.3, -0.25) is 4.79 Å². The van der Waals surface area contributed by atoms with E-state index >= 15 is 0 Å². The molecule has 1 N–H and O–H groups in total. The van der Waals surface area contributed by atoms with E-state index in [1.54, 1.807) is 18.2 Å². The number of benzene rings is 1. The van der Waals surface area contributed by atoms with Crippen molar-refractivity contribution < 1.29 is 19.0 Å². The fourth-order valence-electron chi connectivity index (χ4n) is 1.46. The first-order valence-electron chi connectivity index (χ1n) is 5.64. The molecule has 1 amide bonds. The maximum Gasteiger partial charge on any atom is 0.257 e. The SMILES string of the molecule is O=C(COc1ccc2c(c1)OCO2)NCCCCl. The largest absolute Gasteiger partial charge is 0.484 e. The van der Waals surface area contributed by atoms with Crippen LogP contribution >= 0.6 is 11.6 Å². The van der Waals surface area contributed by atoms with Gasteiger partial charge >= 0.3 is 0 Å². The normalized spacial score (nSPS) is 12.3. The first kappa shape index (κ1) is 12.8. The number of rotatable bonds is 6. The molecule has 0 radical (unpaired) electrons. The number of amides is 1. The Kier molecular flexibility index (Phi) is 4.52. The Morgan fingerprint density at radius 2 is 2.22 bits per heavy atom. The molecule has 0 spiro atoms. The predicted molar refractivity (Wildman–Crippen MR) is 66.4 cm³/mol. The highest BCUT2D eigenvalue weighted by atomic mass is 35.5. The fraction of sp³-hybridized carbons (Fsp3) is 0.417. The van der Waals surface area contributed by atoms with E-state index in [0.717, 1.165) is 6.42 Å². The molecule has 0 aliphatic carbocycles. The minimum atomic E-state index is -0.169. The summed E-state index contributed by atoms with van der Waals surface area (Å²) in [5.41, 5.74) is 0. The highest BCUT2D eigenvalue weighted by Crippen LogP contribution is 2.34. The van der Waals surface area contributed by atoms with Crippen molar-refractivity contribution in [2.24, 2.45) is 0 Å². The van der Waals surface area contributed by atoms with Gasteiger partial charge in [0.2, 0.25) is 6.79 Å². The number of hydrogen-bond acceptors (Lipinski definition) is 4. The molecule has 0 fully saturated rings. The number of alkyl halides is 1. The highest BCUT2D eigenvalue weighted by Gasteiger charge is 2.14. The van der Waals surface area contributed by atoms with Gasteiger partial charge in [-0.2, -0.15) is 0 Å². The lowest BCUT2D eigenvalue weighted by Gasteiger charge is -2.07. The molecule has 0 aromatic heterocycles. The van der Waals surface area contributed by atoms with Crippen LogP contribution in [-0.2, 0) is 4.79 Å². The summed E-state index contributed by atoms with van der Waals surface area (Å²) in [6, 6.07) is 5.19. The van der Waals surface area contributed by atoms with Gasteiger partial charge in [0.1, 0.15) is 5.75 Å². The first-order valence-corrected chi connectivity index (χ1v) is 6.18. The molecular weight excluding hydrogens is 258 g/mol. The van der Waals surface area contributed by atoms with Crippen molar-refractivity contribution in [3.63, 3.8) is 0 Å². The predicted octanol–water partition coefficient (Wildman–Crippen LogP) is 1.54. The van der Waals surface area contributed by atoms with E-state index < -0.39 is 0 Å². The number of nitrogens with one attached hydrogen (secondary N) is 1. The lowest BCUT2D eigenvalue weighted by Crippen LogP contribution is -2.29. The van der Waals surface area contributed by atoms with Crippen molar-refractivity contribution in [2.75, 3.05) is 25.8 Å². The Bertz CT molecular complexity index is 425. The molecule has 1 aromatic rings. The van der Waals surface area contributed by atoms with Crippen LogP contribution in [0, 0.1) is 0 Å². The van der Waals surface area contributed by atoms with Crippen LogP contribution in [0.5, 0.6) is 17.2 Å². The summed E-state index contributed by atoms with van der Waals surface area (Å²) < 4.78 is 15.7. The smallest absolute Gasteiger partial charge is 0.257 e. The van der Waals surface area contributed by atoms with Crippen LogP contribution in [0.4, 0.5) is 0 Å². The number of hydrogen-bond donors (Lipinski definition) is 1. The first-order chi connectivity index (χ1) is 8.79. The van der Waals surface area contributed by atoms with Crippen LogP contribution in [0.2, 0.25) is 0 Å². The van der Waals surface area contributed by atoms with Gasteiger partial charge in [-0.25, -0.2) is 0 Å². The summed E-state index contributed by atoms with van der Waals surface area (Å²) >= 11 is 5.50. The van der Waals surface area contributed by atoms with E-state index in [0.29, 0.717) is 29.7 Å². The van der Waals surface area contributed by atoms with Crippen molar-refractivity contribution in [2.45, 2.75) is 6.42 Å². The minimum Gasteiger partial charge on any atom is -0.484 e. The third-order valence-corrected chi connectivity index (χ3v) is 2.61. The number of halogens is 1. The van der Waals surface area contributed by atoms with Crippen LogP contribution in [0.25, 0.3) is 0 Å². The second-order valence-corrected chi connectivity index (χ2v) is 4.07. The zero-order valence-corrected chi connectivity index (χ0v) is 10.5. The van der Waals surface area contributed by atoms with E-state index in [9.17, 15) is 4.79 Å². The third-order valence-electron chi connectivity index (χ3n) is 2.35. The molecule has 98 valence electrons. The van der Waals surface area contributed by atoms with E-state index in [-0.39, 0.29) is 19.3 Å². The Labute approximate surface area is 110 Å². The van der Waals surface area contributed by atoms with Crippen molar-refractivity contribution in [1.82, 2.24) is 5.32 Å². The Balaban J connectivity index is 1.78. The number of fused-ring (bicyclic) bond motifs is 1. The van der Waals surface area contributed by atoms with Crippen LogP contribution < -0.4 is 19.5 Å². The van der Waals surface area contributed by atoms with Gasteiger partial charge in [0.25, 0.3) is 5.91 Å². The van der Waals surface area contributed by atoms with Gasteiger partial charge < -0.3 is 19.5 Å². The minimum absolute atomic E-state index is 0.0259. The molecular formula is C12H14ClNO4. The molecule has 0 atom stereocenters. The van der Waals surface area contributed by atoms with Crippen molar-refractivity contribution in [1.29, 1.82) is 0 Å². The van der Waals surface area contributed by atoms with Gasteiger partial charge in [-0.1, -0.05) is 0 Å². The summed E-state index contributed by atoms with van der Waals surface area (Å²) in [5.74, 6) is 2.26. The van der Waals surface area contributed by atoms with Crippen LogP contribution in [0.1, 0.15) is 6.42 Å². The second-order valence-electron chi connectivity index (χ2n) is 3.70. The molecule has 0 bridgehead atoms. The van der Waals surface area contributed by atoms with Crippen molar-refractivity contribution in [3.05, 3.63) is 18.2 Å². The van der Waals surface area contributed by atoms with Crippen LogP contribution in [-0.4, -0.2) is 31.7 Å². The molecule has 0 saturated heterocycles. The van der Waals surface area contributed by atoms with Gasteiger partial charge in [0.15, 0.2) is 18.1 Å². The standard InChI is InChI=1S/C12H14ClNO4/c13-4-1-5-14-12(15)7-16-9-2-3-10-11(6-9)18-8-17-10/h2-3,6H,1,4-5,7-8H2,(H,14,15). The zero-order valence-electron chi connectivity index (χ0n) is 9.78. The summed E-state index contributed by atoms with van der Waals surface area (Å²) in [7, 11) is 0. The Hall–Kier alpha value is -1.62. The average molecular weight is 272 g/mol. The van der Waals surface area contributed by atoms with Gasteiger partial charge in [0, 0.05) is 18.5 Å². The molecule has 1 aromatic carbocycles. The van der Waals surface area contributed by atoms with Gasteiger partial charge in [-0.05, 0) is 18.6 Å². The summed E-state index contributed by atoms with van der Waals surface area (Å²) in [5, 5.41) is 2.70. The van der Waals surface area contributed by atoms with Gasteiger partial charge in [0.05, 0.1) is 0 Å². The number of ether oxygens (including phenoxy) is 3. The second kappa shape index (κ2) is 6.35. The Morgan fingerprint density at radius 1 is 1.39 bits per heavy atom. The van der Waals surface area contributed by atoms with E-state index in [4.69, 9.17) is 25.8 Å². The molecule has 1 aliphatic heterocycles. The maximum atomic E-state index is 11.4. The number of carbonyl (C=O) groups excluding carboxylic acids is 1. The molecule has 18 heavy (non-hydrogen) atoms. The van der Waals surface area contributed by atoms with E-state index in [1.165, 1.54) is 0 Å². The summed E-state index contributed by atoms with van der Waals surface area (Å²) in [6.45, 7) is 0.756. The monoisotopic (exact) mass is 271 g/mol. The molecule has 0 unspecified atom stereocenters. The van der Waals surface area contributed by atoms with Gasteiger partial charge in [-0.15, -0.1) is 11.6 Å². The summed E-state index contributed by atoms with van der Waals surface area (Å²) in [4.78, 5) is 11.4. The summed E-state index contributed by atoms with van der Waals surface area (Å²) in [6.07, 6.45) is 0.747. The zero-order chi connectivity index (χ0) is 12.8. The van der Waals surface area contributed by atoms with Crippen LogP contribution in [0.15, 0.2) is 18.2 Å². The van der Waals surface area contributed by atoms with E-state index in [1.807, 2.05) is 0 Å². The quantitative estimate of drug-likeness (QED) is 0.630. The lowest BCUT2D eigenvalue weighted by molar-refractivity contribution is -0.123. The Morgan fingerprint density at radius 3 is 3.06 bits per heavy atom. The molecule has 0 saturated carbocycles. The topological polar surface area (TPSA) is 56.8 Å². The lowest BCUT2D eigenvalue weighted by atomic mass is 10.3. The third kappa shape index (κ3) is 3.43.